The molecular weight excluding hydrogens is 328 g/mol. The monoisotopic (exact) mass is 346 g/mol. The van der Waals surface area contributed by atoms with Crippen LogP contribution in [-0.2, 0) is 17.8 Å². The molecule has 2 atom stereocenters. The minimum absolute atomic E-state index is 0.0359. The molecule has 0 aromatic carbocycles. The number of carboxylic acids is 1. The van der Waals surface area contributed by atoms with Crippen LogP contribution in [-0.4, -0.2) is 43.0 Å². The lowest BCUT2D eigenvalue weighted by molar-refractivity contribution is -0.137. The van der Waals surface area contributed by atoms with Crippen molar-refractivity contribution < 1.29 is 14.7 Å². The molecule has 2 unspecified atom stereocenters. The van der Waals surface area contributed by atoms with E-state index in [4.69, 9.17) is 5.11 Å². The van der Waals surface area contributed by atoms with Crippen molar-refractivity contribution in [3.8, 4) is 0 Å². The van der Waals surface area contributed by atoms with E-state index >= 15 is 0 Å². The summed E-state index contributed by atoms with van der Waals surface area (Å²) in [7, 11) is 0. The van der Waals surface area contributed by atoms with Gasteiger partial charge in [-0.2, -0.15) is 0 Å². The molecule has 8 heteroatoms. The maximum atomic E-state index is 13.0. The summed E-state index contributed by atoms with van der Waals surface area (Å²) < 4.78 is 2.06. The largest absolute Gasteiger partial charge is 0.476 e. The third-order valence-electron chi connectivity index (χ3n) is 4.88. The van der Waals surface area contributed by atoms with Gasteiger partial charge in [0.05, 0.1) is 18.3 Å². The van der Waals surface area contributed by atoms with Gasteiger partial charge in [-0.1, -0.05) is 0 Å². The van der Waals surface area contributed by atoms with E-state index in [0.717, 1.165) is 37.2 Å². The molecule has 2 aliphatic heterocycles. The van der Waals surface area contributed by atoms with Crippen LogP contribution in [0.15, 0.2) is 17.9 Å². The fourth-order valence-corrected chi connectivity index (χ4v) is 4.57. The van der Waals surface area contributed by atoms with Crippen LogP contribution in [0, 0.1) is 5.92 Å². The van der Waals surface area contributed by atoms with Crippen molar-refractivity contribution in [1.29, 1.82) is 0 Å². The first-order chi connectivity index (χ1) is 11.6. The number of aryl methyl sites for hydroxylation is 1. The number of rotatable bonds is 3. The molecular formula is C16H18N4O3S. The predicted molar refractivity (Wildman–Crippen MR) is 86.8 cm³/mol. The molecule has 2 aromatic heterocycles. The summed E-state index contributed by atoms with van der Waals surface area (Å²) in [6.45, 7) is 1.40. The first-order valence-electron chi connectivity index (χ1n) is 8.11. The number of nitrogens with zero attached hydrogens (tertiary/aromatic N) is 4. The number of fused-ring (bicyclic) bond motifs is 1. The molecule has 126 valence electrons. The summed E-state index contributed by atoms with van der Waals surface area (Å²) in [5.41, 5.74) is 1.25. The summed E-state index contributed by atoms with van der Waals surface area (Å²) >= 11 is 1.33. The normalized spacial score (nSPS) is 23.2. The Morgan fingerprint density at radius 3 is 3.00 bits per heavy atom. The van der Waals surface area contributed by atoms with Crippen molar-refractivity contribution in [2.45, 2.75) is 38.3 Å². The lowest BCUT2D eigenvalue weighted by atomic mass is 9.96. The highest BCUT2D eigenvalue weighted by molar-refractivity contribution is 7.09. The minimum atomic E-state index is -1.02. The molecule has 0 radical (unpaired) electrons. The summed E-state index contributed by atoms with van der Waals surface area (Å²) in [5, 5.41) is 11.3. The van der Waals surface area contributed by atoms with Crippen molar-refractivity contribution in [2.24, 2.45) is 5.92 Å². The van der Waals surface area contributed by atoms with E-state index in [1.165, 1.54) is 17.0 Å². The maximum Gasteiger partial charge on any atom is 0.355 e. The SMILES string of the molecule is O=C(O)c1csc(C2CCCN2C(=O)C2CCc3cncn3C2)n1. The summed E-state index contributed by atoms with van der Waals surface area (Å²) in [4.78, 5) is 34.3. The quantitative estimate of drug-likeness (QED) is 0.918. The van der Waals surface area contributed by atoms with Gasteiger partial charge in [-0.05, 0) is 25.7 Å². The van der Waals surface area contributed by atoms with Gasteiger partial charge in [0.2, 0.25) is 5.91 Å². The second kappa shape index (κ2) is 6.01. The molecule has 2 aromatic rings. The Bertz CT molecular complexity index is 784. The van der Waals surface area contributed by atoms with E-state index in [1.54, 1.807) is 11.7 Å². The lowest BCUT2D eigenvalue weighted by Crippen LogP contribution is -2.39. The van der Waals surface area contributed by atoms with Crippen molar-refractivity contribution >= 4 is 23.2 Å². The van der Waals surface area contributed by atoms with Crippen molar-refractivity contribution in [3.05, 3.63) is 34.3 Å². The zero-order valence-electron chi connectivity index (χ0n) is 13.1. The Morgan fingerprint density at radius 2 is 2.21 bits per heavy atom. The van der Waals surface area contributed by atoms with Crippen molar-refractivity contribution in [3.63, 3.8) is 0 Å². The molecule has 1 saturated heterocycles. The molecule has 0 spiro atoms. The second-order valence-electron chi connectivity index (χ2n) is 6.34. The maximum absolute atomic E-state index is 13.0. The van der Waals surface area contributed by atoms with E-state index in [2.05, 4.69) is 14.5 Å². The number of hydrogen-bond donors (Lipinski definition) is 1. The Balaban J connectivity index is 1.52. The van der Waals surface area contributed by atoms with Crippen LogP contribution in [0.1, 0.15) is 46.5 Å². The Hall–Kier alpha value is -2.22. The topological polar surface area (TPSA) is 88.3 Å². The molecule has 0 aliphatic carbocycles. The van der Waals surface area contributed by atoms with Gasteiger partial charge in [-0.15, -0.1) is 11.3 Å². The van der Waals surface area contributed by atoms with Crippen LogP contribution in [0.4, 0.5) is 0 Å². The zero-order chi connectivity index (χ0) is 16.7. The molecule has 0 saturated carbocycles. The molecule has 7 nitrogen and oxygen atoms in total. The van der Waals surface area contributed by atoms with Crippen LogP contribution < -0.4 is 0 Å². The molecule has 4 heterocycles. The van der Waals surface area contributed by atoms with Gasteiger partial charge in [-0.3, -0.25) is 4.79 Å². The standard InChI is InChI=1S/C16H18N4O3S/c21-15(10-3-4-11-6-17-9-19(11)7-10)20-5-1-2-13(20)14-18-12(8-24-14)16(22)23/h6,8-10,13H,1-5,7H2,(H,22,23). The first-order valence-corrected chi connectivity index (χ1v) is 8.99. The molecule has 24 heavy (non-hydrogen) atoms. The highest BCUT2D eigenvalue weighted by Gasteiger charge is 2.36. The van der Waals surface area contributed by atoms with Gasteiger partial charge in [0.1, 0.15) is 5.01 Å². The van der Waals surface area contributed by atoms with Gasteiger partial charge in [0.25, 0.3) is 0 Å². The summed E-state index contributed by atoms with van der Waals surface area (Å²) in [6.07, 6.45) is 7.14. The predicted octanol–water partition coefficient (Wildman–Crippen LogP) is 1.96. The number of aromatic nitrogens is 3. The number of carboxylic acid groups (broad SMARTS) is 1. The van der Waals surface area contributed by atoms with Crippen molar-refractivity contribution in [1.82, 2.24) is 19.4 Å². The van der Waals surface area contributed by atoms with Crippen LogP contribution in [0.25, 0.3) is 0 Å². The van der Waals surface area contributed by atoms with Gasteiger partial charge in [0, 0.05) is 30.4 Å². The van der Waals surface area contributed by atoms with Gasteiger partial charge in [0.15, 0.2) is 5.69 Å². The van der Waals surface area contributed by atoms with Crippen LogP contribution in [0.2, 0.25) is 0 Å². The minimum Gasteiger partial charge on any atom is -0.476 e. The third-order valence-corrected chi connectivity index (χ3v) is 5.82. The fraction of sp³-hybridized carbons (Fsp3) is 0.500. The smallest absolute Gasteiger partial charge is 0.355 e. The summed E-state index contributed by atoms with van der Waals surface area (Å²) in [5.74, 6) is -0.900. The number of amides is 1. The van der Waals surface area contributed by atoms with E-state index in [-0.39, 0.29) is 23.6 Å². The van der Waals surface area contributed by atoms with E-state index in [1.807, 2.05) is 11.1 Å². The van der Waals surface area contributed by atoms with Gasteiger partial charge < -0.3 is 14.6 Å². The molecule has 0 bridgehead atoms. The molecule has 1 amide bonds. The summed E-state index contributed by atoms with van der Waals surface area (Å²) in [6, 6.07) is -0.0835. The Morgan fingerprint density at radius 1 is 1.33 bits per heavy atom. The number of thiazole rings is 1. The number of carbonyl (C=O) groups is 2. The lowest BCUT2D eigenvalue weighted by Gasteiger charge is -2.30. The van der Waals surface area contributed by atoms with Gasteiger partial charge >= 0.3 is 5.97 Å². The van der Waals surface area contributed by atoms with Crippen molar-refractivity contribution in [2.75, 3.05) is 6.54 Å². The van der Waals surface area contributed by atoms with E-state index in [9.17, 15) is 9.59 Å². The zero-order valence-corrected chi connectivity index (χ0v) is 13.9. The third kappa shape index (κ3) is 2.60. The highest BCUT2D eigenvalue weighted by atomic mass is 32.1. The van der Waals surface area contributed by atoms with Crippen LogP contribution in [0.3, 0.4) is 0 Å². The fourth-order valence-electron chi connectivity index (χ4n) is 3.63. The number of imidazole rings is 1. The van der Waals surface area contributed by atoms with E-state index < -0.39 is 5.97 Å². The average molecular weight is 346 g/mol. The molecule has 2 aliphatic rings. The number of likely N-dealkylation sites (tertiary alicyclic amines) is 1. The number of aromatic carboxylic acids is 1. The molecule has 1 fully saturated rings. The van der Waals surface area contributed by atoms with E-state index in [0.29, 0.717) is 6.54 Å². The molecule has 4 rings (SSSR count). The number of hydrogen-bond acceptors (Lipinski definition) is 5. The Kier molecular flexibility index (Phi) is 3.84. The first kappa shape index (κ1) is 15.3. The highest BCUT2D eigenvalue weighted by Crippen LogP contribution is 2.36. The van der Waals surface area contributed by atoms with Crippen LogP contribution >= 0.6 is 11.3 Å². The van der Waals surface area contributed by atoms with Gasteiger partial charge in [-0.25, -0.2) is 14.8 Å². The average Bonchev–Trinajstić information content (AvgIpc) is 3.31. The second-order valence-corrected chi connectivity index (χ2v) is 7.23. The molecule has 1 N–H and O–H groups in total. The van der Waals surface area contributed by atoms with Crippen LogP contribution in [0.5, 0.6) is 0 Å². The number of carbonyl (C=O) groups excluding carboxylic acids is 1. The Labute approximate surface area is 143 Å².